The summed E-state index contributed by atoms with van der Waals surface area (Å²) in [4.78, 5) is 22.7. The van der Waals surface area contributed by atoms with Crippen LogP contribution < -0.4 is 0 Å². The number of aliphatic hydroxyl groups is 1. The van der Waals surface area contributed by atoms with Crippen LogP contribution in [0.5, 0.6) is 0 Å². The predicted molar refractivity (Wildman–Crippen MR) is 159 cm³/mol. The number of imidazole rings is 1. The summed E-state index contributed by atoms with van der Waals surface area (Å²) in [5.74, 6) is 0.983. The van der Waals surface area contributed by atoms with Crippen LogP contribution >= 0.6 is 0 Å². The molecule has 0 bridgehead atoms. The Morgan fingerprint density at radius 1 is 1.00 bits per heavy atom. The van der Waals surface area contributed by atoms with Gasteiger partial charge in [-0.25, -0.2) is 27.2 Å². The second-order valence-electron chi connectivity index (χ2n) is 11.5. The number of hydrogen-bond acceptors (Lipinski definition) is 6. The largest absolute Gasteiger partial charge is 0.465 e. The molecule has 0 aliphatic carbocycles. The van der Waals surface area contributed by atoms with E-state index in [0.29, 0.717) is 49.2 Å². The van der Waals surface area contributed by atoms with Crippen LogP contribution in [0.1, 0.15) is 43.6 Å². The molecule has 218 valence electrons. The van der Waals surface area contributed by atoms with Gasteiger partial charge in [-0.1, -0.05) is 42.0 Å². The number of amides is 1. The van der Waals surface area contributed by atoms with E-state index in [1.54, 1.807) is 50.4 Å². The van der Waals surface area contributed by atoms with E-state index in [4.69, 9.17) is 4.98 Å². The minimum Gasteiger partial charge on any atom is -0.465 e. The molecule has 11 heteroatoms. The van der Waals surface area contributed by atoms with E-state index in [1.807, 2.05) is 35.6 Å². The van der Waals surface area contributed by atoms with Gasteiger partial charge >= 0.3 is 6.09 Å². The smallest absolute Gasteiger partial charge is 0.407 e. The van der Waals surface area contributed by atoms with Gasteiger partial charge in [-0.3, -0.25) is 4.40 Å². The molecule has 1 amide bonds. The van der Waals surface area contributed by atoms with Crippen LogP contribution in [0.3, 0.4) is 0 Å². The molecule has 1 saturated heterocycles. The van der Waals surface area contributed by atoms with Gasteiger partial charge < -0.3 is 15.1 Å². The maximum atomic E-state index is 13.6. The average molecular weight is 588 g/mol. The van der Waals surface area contributed by atoms with Gasteiger partial charge in [0.05, 0.1) is 33.4 Å². The van der Waals surface area contributed by atoms with Crippen molar-refractivity contribution in [2.24, 2.45) is 5.92 Å². The van der Waals surface area contributed by atoms with Crippen LogP contribution in [0.15, 0.2) is 71.9 Å². The van der Waals surface area contributed by atoms with Crippen molar-refractivity contribution in [1.29, 1.82) is 0 Å². The third kappa shape index (κ3) is 4.92. The van der Waals surface area contributed by atoms with Gasteiger partial charge in [-0.15, -0.1) is 0 Å². The molecule has 1 aliphatic rings. The van der Waals surface area contributed by atoms with Crippen molar-refractivity contribution in [2.75, 3.05) is 13.1 Å². The molecule has 2 aromatic carbocycles. The highest BCUT2D eigenvalue weighted by Crippen LogP contribution is 2.33. The standard InChI is InChI=1S/C31H33N5O5S/c1-20-4-10-24(11-5-20)42(40,41)35-17-14-25-29(35)32-19-26-28(22-6-8-23(9-7-22)31(2,3)39)33-27(36(25)26)18-21-12-15-34(16-13-21)30(37)38/h4-11,14,17,19,21,39H,12-13,15-16,18H2,1-3H3,(H,37,38). The fourth-order valence-corrected chi connectivity index (χ4v) is 6.97. The molecule has 10 nitrogen and oxygen atoms in total. The zero-order valence-electron chi connectivity index (χ0n) is 23.7. The van der Waals surface area contributed by atoms with E-state index < -0.39 is 21.7 Å². The van der Waals surface area contributed by atoms with E-state index in [-0.39, 0.29) is 10.8 Å². The summed E-state index contributed by atoms with van der Waals surface area (Å²) in [6.45, 7) is 6.31. The summed E-state index contributed by atoms with van der Waals surface area (Å²) >= 11 is 0. The molecule has 3 aromatic heterocycles. The van der Waals surface area contributed by atoms with E-state index in [0.717, 1.165) is 28.0 Å². The highest BCUT2D eigenvalue weighted by atomic mass is 32.2. The molecule has 0 saturated carbocycles. The molecule has 0 spiro atoms. The van der Waals surface area contributed by atoms with E-state index >= 15 is 0 Å². The van der Waals surface area contributed by atoms with Gasteiger partial charge in [0, 0.05) is 31.3 Å². The first-order chi connectivity index (χ1) is 19.9. The zero-order chi connectivity index (χ0) is 29.8. The number of fused-ring (bicyclic) bond motifs is 3. The zero-order valence-corrected chi connectivity index (χ0v) is 24.5. The minimum absolute atomic E-state index is 0.177. The Bertz CT molecular complexity index is 1890. The second kappa shape index (κ2) is 10.2. The van der Waals surface area contributed by atoms with Crippen molar-refractivity contribution < 1.29 is 23.4 Å². The van der Waals surface area contributed by atoms with Gasteiger partial charge in [-0.05, 0) is 63.3 Å². The van der Waals surface area contributed by atoms with Crippen LogP contribution in [-0.4, -0.2) is 61.1 Å². The second-order valence-corrected chi connectivity index (χ2v) is 13.4. The van der Waals surface area contributed by atoms with Crippen LogP contribution in [-0.2, 0) is 22.0 Å². The lowest BCUT2D eigenvalue weighted by atomic mass is 9.93. The third-order valence-electron chi connectivity index (χ3n) is 8.14. The first-order valence-electron chi connectivity index (χ1n) is 13.9. The molecule has 42 heavy (non-hydrogen) atoms. The fourth-order valence-electron chi connectivity index (χ4n) is 5.67. The molecule has 1 fully saturated rings. The number of piperidine rings is 1. The maximum Gasteiger partial charge on any atom is 0.407 e. The summed E-state index contributed by atoms with van der Waals surface area (Å²) < 4.78 is 30.4. The van der Waals surface area contributed by atoms with E-state index in [9.17, 15) is 23.4 Å². The number of rotatable bonds is 6. The molecule has 4 heterocycles. The van der Waals surface area contributed by atoms with Gasteiger partial charge in [0.25, 0.3) is 10.0 Å². The quantitative estimate of drug-likeness (QED) is 0.284. The first kappa shape index (κ1) is 27.9. The number of hydrogen-bond donors (Lipinski definition) is 2. The monoisotopic (exact) mass is 587 g/mol. The van der Waals surface area contributed by atoms with Crippen molar-refractivity contribution in [3.05, 3.63) is 83.9 Å². The normalized spacial score (nSPS) is 15.1. The van der Waals surface area contributed by atoms with Crippen molar-refractivity contribution in [1.82, 2.24) is 23.2 Å². The Hall–Kier alpha value is -4.22. The van der Waals surface area contributed by atoms with Crippen LogP contribution in [0.2, 0.25) is 0 Å². The Morgan fingerprint density at radius 2 is 1.67 bits per heavy atom. The van der Waals surface area contributed by atoms with Gasteiger partial charge in [0.1, 0.15) is 5.82 Å². The number of carboxylic acid groups (broad SMARTS) is 1. The summed E-state index contributed by atoms with van der Waals surface area (Å²) in [5.41, 5.74) is 3.97. The molecule has 0 atom stereocenters. The summed E-state index contributed by atoms with van der Waals surface area (Å²) in [5, 5.41) is 19.8. The lowest BCUT2D eigenvalue weighted by Gasteiger charge is -2.29. The number of nitrogens with zero attached hydrogens (tertiary/aromatic N) is 5. The number of aryl methyl sites for hydroxylation is 1. The molecular formula is C31H33N5O5S. The molecule has 1 aliphatic heterocycles. The van der Waals surface area contributed by atoms with Gasteiger partial charge in [0.2, 0.25) is 0 Å². The van der Waals surface area contributed by atoms with Crippen molar-refractivity contribution >= 4 is 32.8 Å². The fraction of sp³-hybridized carbons (Fsp3) is 0.323. The Morgan fingerprint density at radius 3 is 2.29 bits per heavy atom. The van der Waals surface area contributed by atoms with Gasteiger partial charge in [-0.2, -0.15) is 0 Å². The SMILES string of the molecule is Cc1ccc(S(=O)(=O)n2ccc3c2ncc2c(-c4ccc(C(C)(C)O)cc4)nc(CC4CCN(C(=O)O)CC4)n23)cc1. The van der Waals surface area contributed by atoms with Gasteiger partial charge in [0.15, 0.2) is 5.65 Å². The summed E-state index contributed by atoms with van der Waals surface area (Å²) in [6.07, 6.45) is 4.32. The Balaban J connectivity index is 1.48. The summed E-state index contributed by atoms with van der Waals surface area (Å²) in [7, 11) is -3.89. The predicted octanol–water partition coefficient (Wildman–Crippen LogP) is 5.06. The number of benzene rings is 2. The summed E-state index contributed by atoms with van der Waals surface area (Å²) in [6, 6.07) is 16.1. The molecule has 0 unspecified atom stereocenters. The van der Waals surface area contributed by atoms with Crippen molar-refractivity contribution in [3.8, 4) is 11.3 Å². The first-order valence-corrected chi connectivity index (χ1v) is 15.4. The number of carbonyl (C=O) groups is 1. The Kier molecular flexibility index (Phi) is 6.81. The molecule has 0 radical (unpaired) electrons. The molecule has 5 aromatic rings. The van der Waals surface area contributed by atoms with Crippen molar-refractivity contribution in [3.63, 3.8) is 0 Å². The Labute approximate surface area is 243 Å². The average Bonchev–Trinajstić information content (AvgIpc) is 3.55. The topological polar surface area (TPSA) is 130 Å². The minimum atomic E-state index is -3.89. The van der Waals surface area contributed by atoms with E-state index in [2.05, 4.69) is 4.98 Å². The van der Waals surface area contributed by atoms with Crippen molar-refractivity contribution in [2.45, 2.75) is 50.5 Å². The highest BCUT2D eigenvalue weighted by Gasteiger charge is 2.27. The van der Waals surface area contributed by atoms with Crippen LogP contribution in [0.25, 0.3) is 27.9 Å². The number of aromatic nitrogens is 4. The van der Waals surface area contributed by atoms with Crippen LogP contribution in [0.4, 0.5) is 4.79 Å². The lowest BCUT2D eigenvalue weighted by Crippen LogP contribution is -2.38. The molecule has 2 N–H and O–H groups in total. The highest BCUT2D eigenvalue weighted by molar-refractivity contribution is 7.90. The molecule has 6 rings (SSSR count). The maximum absolute atomic E-state index is 13.6. The molecular weight excluding hydrogens is 554 g/mol. The third-order valence-corrected chi connectivity index (χ3v) is 9.82. The van der Waals surface area contributed by atoms with Crippen LogP contribution in [0, 0.1) is 12.8 Å². The van der Waals surface area contributed by atoms with E-state index in [1.165, 1.54) is 15.1 Å². The number of likely N-dealkylation sites (tertiary alicyclic amines) is 1. The lowest BCUT2D eigenvalue weighted by molar-refractivity contribution is 0.0786.